The highest BCUT2D eigenvalue weighted by Crippen LogP contribution is 2.36. The number of amides is 1. The van der Waals surface area contributed by atoms with E-state index in [4.69, 9.17) is 15.5 Å². The van der Waals surface area contributed by atoms with Gasteiger partial charge in [0.05, 0.1) is 17.1 Å². The molecule has 4 aromatic rings. The number of anilines is 3. The maximum Gasteiger partial charge on any atom is 0.264 e. The summed E-state index contributed by atoms with van der Waals surface area (Å²) < 4.78 is 7.69. The first-order chi connectivity index (χ1) is 17.1. The highest BCUT2D eigenvalue weighted by atomic mass is 16.5. The number of likely N-dealkylation sites (N-methyl/N-ethyl adjacent to an activating group) is 1. The second-order valence-electron chi connectivity index (χ2n) is 8.83. The van der Waals surface area contributed by atoms with Crippen LogP contribution in [-0.2, 0) is 11.3 Å². The summed E-state index contributed by atoms with van der Waals surface area (Å²) in [6, 6.07) is 11.5. The number of nitrogens with two attached hydrogens (primary N) is 1. The van der Waals surface area contributed by atoms with Gasteiger partial charge in [-0.15, -0.1) is 0 Å². The molecule has 0 bridgehead atoms. The van der Waals surface area contributed by atoms with Crippen molar-refractivity contribution in [3.63, 3.8) is 0 Å². The number of rotatable bonds is 4. The van der Waals surface area contributed by atoms with Gasteiger partial charge in [0.25, 0.3) is 5.91 Å². The van der Waals surface area contributed by atoms with Crippen LogP contribution in [0.15, 0.2) is 55.0 Å². The zero-order valence-electron chi connectivity index (χ0n) is 19.5. The van der Waals surface area contributed by atoms with E-state index in [0.717, 1.165) is 60.4 Å². The van der Waals surface area contributed by atoms with Gasteiger partial charge in [0.2, 0.25) is 5.95 Å². The van der Waals surface area contributed by atoms with Crippen LogP contribution in [0, 0.1) is 0 Å². The van der Waals surface area contributed by atoms with Gasteiger partial charge in [-0.05, 0) is 36.4 Å². The molecule has 10 nitrogen and oxygen atoms in total. The fourth-order valence-corrected chi connectivity index (χ4v) is 4.68. The van der Waals surface area contributed by atoms with Crippen molar-refractivity contribution in [2.45, 2.75) is 6.54 Å². The third-order valence-corrected chi connectivity index (χ3v) is 6.64. The molecule has 1 aromatic carbocycles. The van der Waals surface area contributed by atoms with E-state index < -0.39 is 0 Å². The molecule has 2 N–H and O–H groups in total. The number of aromatic nitrogens is 4. The molecule has 2 aliphatic rings. The Morgan fingerprint density at radius 1 is 1.06 bits per heavy atom. The highest BCUT2D eigenvalue weighted by molar-refractivity contribution is 5.98. The fourth-order valence-electron chi connectivity index (χ4n) is 4.68. The lowest BCUT2D eigenvalue weighted by Crippen LogP contribution is -2.46. The number of nitrogen functional groups attached to an aromatic ring is 1. The number of carbonyl (C=O) groups is 1. The number of imidazole rings is 1. The number of piperazine rings is 1. The van der Waals surface area contributed by atoms with Gasteiger partial charge in [-0.2, -0.15) is 0 Å². The molecule has 1 amide bonds. The molecule has 1 fully saturated rings. The van der Waals surface area contributed by atoms with Crippen LogP contribution in [0.1, 0.15) is 5.69 Å². The van der Waals surface area contributed by atoms with Crippen LogP contribution >= 0.6 is 0 Å². The zero-order chi connectivity index (χ0) is 23.9. The quantitative estimate of drug-likeness (QED) is 0.483. The maximum atomic E-state index is 12.2. The van der Waals surface area contributed by atoms with Gasteiger partial charge in [-0.3, -0.25) is 9.69 Å². The second-order valence-corrected chi connectivity index (χ2v) is 8.83. The molecule has 2 aliphatic heterocycles. The number of hydrogen-bond acceptors (Lipinski definition) is 8. The summed E-state index contributed by atoms with van der Waals surface area (Å²) in [4.78, 5) is 32.2. The smallest absolute Gasteiger partial charge is 0.264 e. The molecule has 1 saturated heterocycles. The van der Waals surface area contributed by atoms with Gasteiger partial charge in [0, 0.05) is 69.6 Å². The summed E-state index contributed by atoms with van der Waals surface area (Å²) in [5.41, 5.74) is 11.3. The molecule has 35 heavy (non-hydrogen) atoms. The lowest BCUT2D eigenvalue weighted by atomic mass is 10.1. The van der Waals surface area contributed by atoms with E-state index in [9.17, 15) is 4.79 Å². The SMILES string of the molecule is CN1C(=O)COc2ccc(-c3nc4ccc(N)cn4c3CN3CCN(c4ncccn4)CC3)cc21. The molecular formula is C25H26N8O2. The Labute approximate surface area is 202 Å². The summed E-state index contributed by atoms with van der Waals surface area (Å²) in [6.45, 7) is 4.22. The number of benzene rings is 1. The Morgan fingerprint density at radius 3 is 2.66 bits per heavy atom. The summed E-state index contributed by atoms with van der Waals surface area (Å²) in [6.07, 6.45) is 5.48. The molecule has 178 valence electrons. The standard InChI is InChI=1S/C25H26N8O2/c1-30-19-13-17(3-5-21(19)35-16-23(30)34)24-20(33-14-18(26)4-6-22(33)29-24)15-31-9-11-32(12-10-31)25-27-7-2-8-28-25/h2-8,13-14H,9-12,15-16,26H2,1H3. The fraction of sp³-hybridized carbons (Fsp3) is 0.280. The van der Waals surface area contributed by atoms with Crippen molar-refractivity contribution in [1.29, 1.82) is 0 Å². The number of fused-ring (bicyclic) bond motifs is 2. The zero-order valence-corrected chi connectivity index (χ0v) is 19.5. The third kappa shape index (κ3) is 3.91. The van der Waals surface area contributed by atoms with Crippen LogP contribution in [0.3, 0.4) is 0 Å². The topological polar surface area (TPSA) is 105 Å². The molecular weight excluding hydrogens is 444 g/mol. The summed E-state index contributed by atoms with van der Waals surface area (Å²) in [5.74, 6) is 1.40. The van der Waals surface area contributed by atoms with E-state index in [1.165, 1.54) is 0 Å². The lowest BCUT2D eigenvalue weighted by molar-refractivity contribution is -0.120. The molecule has 0 spiro atoms. The first-order valence-corrected chi connectivity index (χ1v) is 11.6. The summed E-state index contributed by atoms with van der Waals surface area (Å²) in [7, 11) is 1.77. The second kappa shape index (κ2) is 8.55. The minimum absolute atomic E-state index is 0.0573. The minimum Gasteiger partial charge on any atom is -0.482 e. The van der Waals surface area contributed by atoms with Gasteiger partial charge in [-0.1, -0.05) is 0 Å². The van der Waals surface area contributed by atoms with Crippen molar-refractivity contribution in [2.75, 3.05) is 55.4 Å². The van der Waals surface area contributed by atoms with Gasteiger partial charge >= 0.3 is 0 Å². The third-order valence-electron chi connectivity index (χ3n) is 6.64. The van der Waals surface area contributed by atoms with Gasteiger partial charge in [-0.25, -0.2) is 15.0 Å². The van der Waals surface area contributed by atoms with Crippen LogP contribution in [0.2, 0.25) is 0 Å². The number of nitrogens with zero attached hydrogens (tertiary/aromatic N) is 7. The summed E-state index contributed by atoms with van der Waals surface area (Å²) in [5, 5.41) is 0. The van der Waals surface area contributed by atoms with Crippen LogP contribution in [0.25, 0.3) is 16.9 Å². The van der Waals surface area contributed by atoms with Gasteiger partial charge < -0.3 is 24.7 Å². The molecule has 3 aromatic heterocycles. The Hall–Kier alpha value is -4.18. The van der Waals surface area contributed by atoms with E-state index >= 15 is 0 Å². The predicted molar refractivity (Wildman–Crippen MR) is 133 cm³/mol. The molecule has 0 unspecified atom stereocenters. The number of carbonyl (C=O) groups excluding carboxylic acids is 1. The molecule has 5 heterocycles. The molecule has 10 heteroatoms. The Bertz CT molecular complexity index is 1400. The van der Waals surface area contributed by atoms with Crippen molar-refractivity contribution in [1.82, 2.24) is 24.3 Å². The van der Waals surface area contributed by atoms with Crippen molar-refractivity contribution in [3.05, 3.63) is 60.7 Å². The Morgan fingerprint density at radius 2 is 1.86 bits per heavy atom. The van der Waals surface area contributed by atoms with E-state index in [1.54, 1.807) is 24.3 Å². The largest absolute Gasteiger partial charge is 0.482 e. The van der Waals surface area contributed by atoms with E-state index in [-0.39, 0.29) is 12.5 Å². The predicted octanol–water partition coefficient (Wildman–Crippen LogP) is 2.05. The molecule has 0 saturated carbocycles. The summed E-state index contributed by atoms with van der Waals surface area (Å²) >= 11 is 0. The average Bonchev–Trinajstić information content (AvgIpc) is 3.24. The van der Waals surface area contributed by atoms with E-state index in [2.05, 4.69) is 24.2 Å². The molecule has 0 radical (unpaired) electrons. The normalized spacial score (nSPS) is 16.4. The van der Waals surface area contributed by atoms with Gasteiger partial charge in [0.1, 0.15) is 11.4 Å². The average molecular weight is 471 g/mol. The van der Waals surface area contributed by atoms with Crippen LogP contribution in [0.4, 0.5) is 17.3 Å². The Kier molecular flexibility index (Phi) is 5.22. The number of hydrogen-bond donors (Lipinski definition) is 1. The highest BCUT2D eigenvalue weighted by Gasteiger charge is 2.26. The monoisotopic (exact) mass is 470 g/mol. The van der Waals surface area contributed by atoms with E-state index in [1.807, 2.05) is 42.6 Å². The van der Waals surface area contributed by atoms with E-state index in [0.29, 0.717) is 18.0 Å². The first kappa shape index (κ1) is 21.4. The number of pyridine rings is 1. The van der Waals surface area contributed by atoms with Gasteiger partial charge in [0.15, 0.2) is 6.61 Å². The first-order valence-electron chi connectivity index (χ1n) is 11.6. The minimum atomic E-state index is -0.0714. The van der Waals surface area contributed by atoms with Crippen molar-refractivity contribution < 1.29 is 9.53 Å². The Balaban J connectivity index is 1.33. The molecule has 6 rings (SSSR count). The van der Waals surface area contributed by atoms with Crippen LogP contribution < -0.4 is 20.3 Å². The van der Waals surface area contributed by atoms with Crippen molar-refractivity contribution >= 4 is 28.9 Å². The number of ether oxygens (including phenoxy) is 1. The molecule has 0 aliphatic carbocycles. The van der Waals surface area contributed by atoms with Crippen molar-refractivity contribution in [2.24, 2.45) is 0 Å². The lowest BCUT2D eigenvalue weighted by Gasteiger charge is -2.34. The van der Waals surface area contributed by atoms with Crippen LogP contribution in [-0.4, -0.2) is 70.0 Å². The van der Waals surface area contributed by atoms with Crippen LogP contribution in [0.5, 0.6) is 5.75 Å². The van der Waals surface area contributed by atoms with Crippen molar-refractivity contribution in [3.8, 4) is 17.0 Å². The maximum absolute atomic E-state index is 12.2. The molecule has 0 atom stereocenters.